The smallest absolute Gasteiger partial charge is 0.408 e. The molecule has 0 aromatic heterocycles. The quantitative estimate of drug-likeness (QED) is 0.793. The predicted octanol–water partition coefficient (Wildman–Crippen LogP) is 1.88. The highest BCUT2D eigenvalue weighted by molar-refractivity contribution is 5.68. The molecule has 1 aromatic rings. The van der Waals surface area contributed by atoms with E-state index in [-0.39, 0.29) is 5.56 Å². The van der Waals surface area contributed by atoms with Crippen LogP contribution in [-0.2, 0) is 4.74 Å². The highest BCUT2D eigenvalue weighted by atomic mass is 19.2. The van der Waals surface area contributed by atoms with Crippen molar-refractivity contribution in [2.24, 2.45) is 0 Å². The fraction of sp³-hybridized carbons (Fsp3) is 0.500. The zero-order valence-corrected chi connectivity index (χ0v) is 12.1. The molecule has 0 saturated heterocycles. The molecule has 1 aromatic carbocycles. The van der Waals surface area contributed by atoms with Gasteiger partial charge in [0, 0.05) is 0 Å². The molecular formula is C14H19F2NO4. The first-order chi connectivity index (χ1) is 9.64. The van der Waals surface area contributed by atoms with E-state index in [1.54, 1.807) is 20.8 Å². The molecule has 0 saturated carbocycles. The van der Waals surface area contributed by atoms with Crippen LogP contribution in [-0.4, -0.2) is 34.6 Å². The zero-order chi connectivity index (χ0) is 16.2. The molecule has 21 heavy (non-hydrogen) atoms. The van der Waals surface area contributed by atoms with Gasteiger partial charge in [0.2, 0.25) is 0 Å². The maximum absolute atomic E-state index is 13.1. The van der Waals surface area contributed by atoms with Gasteiger partial charge in [-0.3, -0.25) is 0 Å². The first-order valence-corrected chi connectivity index (χ1v) is 6.37. The number of nitrogens with one attached hydrogen (secondary N) is 1. The number of benzene rings is 1. The Morgan fingerprint density at radius 2 is 1.95 bits per heavy atom. The molecule has 2 unspecified atom stereocenters. The number of carbonyl (C=O) groups is 1. The standard InChI is InChI=1S/C14H19F2NO4/c1-14(2,3)21-13(20)17-11(7-18)12(19)8-4-5-9(15)10(16)6-8/h4-6,11-12,18-19H,7H2,1-3H3,(H,17,20). The molecule has 0 heterocycles. The number of hydrogen-bond donors (Lipinski definition) is 3. The summed E-state index contributed by atoms with van der Waals surface area (Å²) in [6.07, 6.45) is -2.24. The second-order valence-corrected chi connectivity index (χ2v) is 5.55. The minimum absolute atomic E-state index is 0.0315. The number of hydrogen-bond acceptors (Lipinski definition) is 4. The van der Waals surface area contributed by atoms with E-state index in [0.717, 1.165) is 12.1 Å². The van der Waals surface area contributed by atoms with Crippen molar-refractivity contribution in [2.75, 3.05) is 6.61 Å². The summed E-state index contributed by atoms with van der Waals surface area (Å²) in [5.74, 6) is -2.17. The van der Waals surface area contributed by atoms with Gasteiger partial charge in [0.1, 0.15) is 11.7 Å². The molecule has 1 amide bonds. The summed E-state index contributed by atoms with van der Waals surface area (Å²) in [4.78, 5) is 11.6. The highest BCUT2D eigenvalue weighted by Crippen LogP contribution is 2.20. The first kappa shape index (κ1) is 17.3. The van der Waals surface area contributed by atoms with Gasteiger partial charge in [0.05, 0.1) is 12.6 Å². The Morgan fingerprint density at radius 1 is 1.33 bits per heavy atom. The molecule has 118 valence electrons. The van der Waals surface area contributed by atoms with Crippen LogP contribution in [0.15, 0.2) is 18.2 Å². The first-order valence-electron chi connectivity index (χ1n) is 6.37. The third-order valence-electron chi connectivity index (χ3n) is 2.57. The molecule has 1 rings (SSSR count). The van der Waals surface area contributed by atoms with Crippen molar-refractivity contribution in [2.45, 2.75) is 38.5 Å². The van der Waals surface area contributed by atoms with Crippen LogP contribution >= 0.6 is 0 Å². The van der Waals surface area contributed by atoms with E-state index in [2.05, 4.69) is 5.32 Å². The van der Waals surface area contributed by atoms with Crippen molar-refractivity contribution in [1.29, 1.82) is 0 Å². The van der Waals surface area contributed by atoms with E-state index in [1.807, 2.05) is 0 Å². The highest BCUT2D eigenvalue weighted by Gasteiger charge is 2.25. The lowest BCUT2D eigenvalue weighted by Gasteiger charge is -2.25. The summed E-state index contributed by atoms with van der Waals surface area (Å²) in [6, 6.07) is 1.72. The Bertz CT molecular complexity index is 502. The van der Waals surface area contributed by atoms with Crippen molar-refractivity contribution < 1.29 is 28.5 Å². The van der Waals surface area contributed by atoms with Crippen molar-refractivity contribution in [3.8, 4) is 0 Å². The Kier molecular flexibility index (Phi) is 5.62. The fourth-order valence-electron chi connectivity index (χ4n) is 1.61. The number of aliphatic hydroxyl groups is 2. The van der Waals surface area contributed by atoms with Crippen molar-refractivity contribution in [1.82, 2.24) is 5.32 Å². The molecular weight excluding hydrogens is 284 g/mol. The van der Waals surface area contributed by atoms with Crippen LogP contribution in [0.1, 0.15) is 32.4 Å². The molecule has 0 spiro atoms. The van der Waals surface area contributed by atoms with Crippen LogP contribution in [0, 0.1) is 11.6 Å². The molecule has 3 N–H and O–H groups in total. The number of rotatable bonds is 4. The van der Waals surface area contributed by atoms with Crippen molar-refractivity contribution in [3.05, 3.63) is 35.4 Å². The number of alkyl carbamates (subject to hydrolysis) is 1. The van der Waals surface area contributed by atoms with Gasteiger partial charge in [-0.1, -0.05) is 6.07 Å². The minimum atomic E-state index is -1.40. The Hall–Kier alpha value is -1.73. The summed E-state index contributed by atoms with van der Waals surface area (Å²) < 4.78 is 31.0. The number of amides is 1. The molecule has 7 heteroatoms. The largest absolute Gasteiger partial charge is 0.444 e. The number of carbonyl (C=O) groups excluding carboxylic acids is 1. The molecule has 0 aliphatic rings. The molecule has 2 atom stereocenters. The fourth-order valence-corrected chi connectivity index (χ4v) is 1.61. The summed E-state index contributed by atoms with van der Waals surface area (Å²) >= 11 is 0. The molecule has 0 aliphatic carbocycles. The third-order valence-corrected chi connectivity index (χ3v) is 2.57. The Balaban J connectivity index is 2.79. The number of aliphatic hydroxyl groups excluding tert-OH is 2. The maximum Gasteiger partial charge on any atom is 0.408 e. The third kappa shape index (κ3) is 5.28. The van der Waals surface area contributed by atoms with Crippen LogP contribution in [0.5, 0.6) is 0 Å². The van der Waals surface area contributed by atoms with Crippen molar-refractivity contribution >= 4 is 6.09 Å². The van der Waals surface area contributed by atoms with E-state index in [1.165, 1.54) is 6.07 Å². The van der Waals surface area contributed by atoms with Crippen LogP contribution in [0.3, 0.4) is 0 Å². The second kappa shape index (κ2) is 6.82. The predicted molar refractivity (Wildman–Crippen MR) is 71.6 cm³/mol. The van der Waals surface area contributed by atoms with Gasteiger partial charge in [0.25, 0.3) is 0 Å². The second-order valence-electron chi connectivity index (χ2n) is 5.55. The van der Waals surface area contributed by atoms with Gasteiger partial charge in [0.15, 0.2) is 11.6 Å². The molecule has 0 fully saturated rings. The summed E-state index contributed by atoms with van der Waals surface area (Å²) in [5, 5.41) is 21.5. The van der Waals surface area contributed by atoms with Gasteiger partial charge in [-0.15, -0.1) is 0 Å². The lowest BCUT2D eigenvalue weighted by molar-refractivity contribution is 0.0349. The molecule has 0 radical (unpaired) electrons. The molecule has 0 aliphatic heterocycles. The number of halogens is 2. The van der Waals surface area contributed by atoms with E-state index in [4.69, 9.17) is 4.74 Å². The van der Waals surface area contributed by atoms with Gasteiger partial charge in [-0.2, -0.15) is 0 Å². The molecule has 0 bridgehead atoms. The SMILES string of the molecule is CC(C)(C)OC(=O)NC(CO)C(O)c1ccc(F)c(F)c1. The van der Waals surface area contributed by atoms with Crippen LogP contribution < -0.4 is 5.32 Å². The lowest BCUT2D eigenvalue weighted by Crippen LogP contribution is -2.44. The molecule has 5 nitrogen and oxygen atoms in total. The Morgan fingerprint density at radius 3 is 2.43 bits per heavy atom. The van der Waals surface area contributed by atoms with E-state index in [9.17, 15) is 23.8 Å². The Labute approximate surface area is 121 Å². The van der Waals surface area contributed by atoms with Gasteiger partial charge in [-0.05, 0) is 38.5 Å². The van der Waals surface area contributed by atoms with Gasteiger partial charge in [-0.25, -0.2) is 13.6 Å². The average molecular weight is 303 g/mol. The van der Waals surface area contributed by atoms with Crippen LogP contribution in [0.25, 0.3) is 0 Å². The normalized spacial score (nSPS) is 14.4. The van der Waals surface area contributed by atoms with Crippen molar-refractivity contribution in [3.63, 3.8) is 0 Å². The van der Waals surface area contributed by atoms with Crippen LogP contribution in [0.2, 0.25) is 0 Å². The van der Waals surface area contributed by atoms with Gasteiger partial charge < -0.3 is 20.3 Å². The number of ether oxygens (including phenoxy) is 1. The monoisotopic (exact) mass is 303 g/mol. The summed E-state index contributed by atoms with van der Waals surface area (Å²) in [7, 11) is 0. The zero-order valence-electron chi connectivity index (χ0n) is 12.1. The van der Waals surface area contributed by atoms with E-state index < -0.39 is 42.1 Å². The average Bonchev–Trinajstić information content (AvgIpc) is 2.36. The minimum Gasteiger partial charge on any atom is -0.444 e. The topological polar surface area (TPSA) is 78.8 Å². The van der Waals surface area contributed by atoms with E-state index >= 15 is 0 Å². The van der Waals surface area contributed by atoms with E-state index in [0.29, 0.717) is 0 Å². The maximum atomic E-state index is 13.1. The summed E-state index contributed by atoms with van der Waals surface area (Å²) in [5.41, 5.74) is -0.708. The van der Waals surface area contributed by atoms with Crippen LogP contribution in [0.4, 0.5) is 13.6 Å². The van der Waals surface area contributed by atoms with Gasteiger partial charge >= 0.3 is 6.09 Å². The lowest BCUT2D eigenvalue weighted by atomic mass is 10.0. The summed E-state index contributed by atoms with van der Waals surface area (Å²) in [6.45, 7) is 4.38.